The van der Waals surface area contributed by atoms with Crippen molar-refractivity contribution in [1.82, 2.24) is 0 Å². The second-order valence-electron chi connectivity index (χ2n) is 3.43. The number of benzene rings is 1. The Labute approximate surface area is 109 Å². The van der Waals surface area contributed by atoms with Gasteiger partial charge >= 0.3 is 0 Å². The Morgan fingerprint density at radius 3 is 2.88 bits per heavy atom. The molecule has 17 heavy (non-hydrogen) atoms. The first-order valence-electron chi connectivity index (χ1n) is 5.30. The van der Waals surface area contributed by atoms with Gasteiger partial charge in [-0.25, -0.2) is 0 Å². The fourth-order valence-electron chi connectivity index (χ4n) is 1.20. The molecule has 0 bridgehead atoms. The minimum atomic E-state index is -0.668. The molecule has 0 amide bonds. The average Bonchev–Trinajstić information content (AvgIpc) is 2.35. The third-order valence-corrected chi connectivity index (χ3v) is 2.77. The summed E-state index contributed by atoms with van der Waals surface area (Å²) in [6.45, 7) is 2.80. The van der Waals surface area contributed by atoms with E-state index in [2.05, 4.69) is 15.9 Å². The highest BCUT2D eigenvalue weighted by atomic mass is 79.9. The number of carbonyl (C=O) groups is 1. The Morgan fingerprint density at radius 1 is 1.47 bits per heavy atom. The molecule has 1 atom stereocenters. The molecule has 1 aromatic rings. The highest BCUT2D eigenvalue weighted by molar-refractivity contribution is 9.10. The molecular formula is C12H15BrO4. The summed E-state index contributed by atoms with van der Waals surface area (Å²) in [4.78, 5) is 10.7. The molecule has 0 spiro atoms. The monoisotopic (exact) mass is 302 g/mol. The summed E-state index contributed by atoms with van der Waals surface area (Å²) in [5, 5.41) is 9.49. The molecule has 5 heteroatoms. The number of hydrogen-bond donors (Lipinski definition) is 1. The molecule has 0 radical (unpaired) electrons. The zero-order valence-corrected chi connectivity index (χ0v) is 11.1. The van der Waals surface area contributed by atoms with E-state index in [1.807, 2.05) is 6.92 Å². The van der Waals surface area contributed by atoms with Gasteiger partial charge in [-0.3, -0.25) is 4.79 Å². The van der Waals surface area contributed by atoms with E-state index in [1.54, 1.807) is 18.2 Å². The number of aliphatic hydroxyl groups is 1. The van der Waals surface area contributed by atoms with Crippen LogP contribution in [0.15, 0.2) is 22.7 Å². The molecule has 1 unspecified atom stereocenters. The Balaban J connectivity index is 2.49. The van der Waals surface area contributed by atoms with Gasteiger partial charge < -0.3 is 14.6 Å². The van der Waals surface area contributed by atoms with Crippen LogP contribution in [0.5, 0.6) is 5.75 Å². The predicted molar refractivity (Wildman–Crippen MR) is 67.5 cm³/mol. The Kier molecular flexibility index (Phi) is 6.18. The molecule has 0 aromatic heterocycles. The van der Waals surface area contributed by atoms with E-state index < -0.39 is 6.10 Å². The van der Waals surface area contributed by atoms with Crippen molar-refractivity contribution in [3.8, 4) is 5.75 Å². The summed E-state index contributed by atoms with van der Waals surface area (Å²) in [6.07, 6.45) is 0.0754. The topological polar surface area (TPSA) is 55.8 Å². The van der Waals surface area contributed by atoms with E-state index in [-0.39, 0.29) is 13.2 Å². The molecule has 0 heterocycles. The number of hydrogen-bond acceptors (Lipinski definition) is 4. The normalized spacial score (nSPS) is 12.2. The van der Waals surface area contributed by atoms with Crippen molar-refractivity contribution < 1.29 is 19.4 Å². The number of rotatable bonds is 7. The SMILES string of the molecule is CCOCC(O)COc1ccc(Br)c(C=O)c1. The third kappa shape index (κ3) is 4.85. The Hall–Kier alpha value is -0.910. The van der Waals surface area contributed by atoms with Crippen LogP contribution in [0.1, 0.15) is 17.3 Å². The minimum Gasteiger partial charge on any atom is -0.491 e. The molecule has 0 aliphatic carbocycles. The number of carbonyl (C=O) groups excluding carboxylic acids is 1. The van der Waals surface area contributed by atoms with Gasteiger partial charge in [-0.2, -0.15) is 0 Å². The number of halogens is 1. The maximum Gasteiger partial charge on any atom is 0.151 e. The fraction of sp³-hybridized carbons (Fsp3) is 0.417. The summed E-state index contributed by atoms with van der Waals surface area (Å²) in [7, 11) is 0. The van der Waals surface area contributed by atoms with Gasteiger partial charge in [0.25, 0.3) is 0 Å². The summed E-state index contributed by atoms with van der Waals surface area (Å²) in [5.74, 6) is 0.547. The van der Waals surface area contributed by atoms with Gasteiger partial charge in [-0.15, -0.1) is 0 Å². The molecule has 0 saturated carbocycles. The van der Waals surface area contributed by atoms with E-state index in [0.29, 0.717) is 17.9 Å². The van der Waals surface area contributed by atoms with E-state index in [1.165, 1.54) is 0 Å². The lowest BCUT2D eigenvalue weighted by atomic mass is 10.2. The smallest absolute Gasteiger partial charge is 0.151 e. The van der Waals surface area contributed by atoms with Crippen LogP contribution in [-0.2, 0) is 4.74 Å². The molecule has 0 aliphatic heterocycles. The van der Waals surface area contributed by atoms with Crippen LogP contribution >= 0.6 is 15.9 Å². The Morgan fingerprint density at radius 2 is 2.24 bits per heavy atom. The average molecular weight is 303 g/mol. The molecular weight excluding hydrogens is 288 g/mol. The minimum absolute atomic E-state index is 0.139. The van der Waals surface area contributed by atoms with Crippen molar-refractivity contribution in [2.75, 3.05) is 19.8 Å². The first-order valence-corrected chi connectivity index (χ1v) is 6.10. The van der Waals surface area contributed by atoms with Gasteiger partial charge in [0.2, 0.25) is 0 Å². The highest BCUT2D eigenvalue weighted by Gasteiger charge is 2.06. The maximum absolute atomic E-state index is 10.7. The van der Waals surface area contributed by atoms with Crippen molar-refractivity contribution in [2.45, 2.75) is 13.0 Å². The number of aldehydes is 1. The largest absolute Gasteiger partial charge is 0.491 e. The van der Waals surface area contributed by atoms with Gasteiger partial charge in [-0.1, -0.05) is 15.9 Å². The number of ether oxygens (including phenoxy) is 2. The van der Waals surface area contributed by atoms with Gasteiger partial charge in [0.05, 0.1) is 6.61 Å². The number of aliphatic hydroxyl groups excluding tert-OH is 1. The van der Waals surface area contributed by atoms with E-state index in [9.17, 15) is 9.90 Å². The first-order chi connectivity index (χ1) is 8.17. The molecule has 1 rings (SSSR count). The van der Waals surface area contributed by atoms with Crippen LogP contribution in [-0.4, -0.2) is 37.3 Å². The van der Waals surface area contributed by atoms with E-state index in [0.717, 1.165) is 10.8 Å². The molecule has 0 fully saturated rings. The van der Waals surface area contributed by atoms with Crippen LogP contribution in [0.4, 0.5) is 0 Å². The van der Waals surface area contributed by atoms with Crippen molar-refractivity contribution >= 4 is 22.2 Å². The van der Waals surface area contributed by atoms with Crippen molar-refractivity contribution in [1.29, 1.82) is 0 Å². The molecule has 1 N–H and O–H groups in total. The van der Waals surface area contributed by atoms with Crippen LogP contribution in [0.2, 0.25) is 0 Å². The second-order valence-corrected chi connectivity index (χ2v) is 4.28. The van der Waals surface area contributed by atoms with Crippen LogP contribution < -0.4 is 4.74 Å². The summed E-state index contributed by atoms with van der Waals surface area (Å²) >= 11 is 3.25. The summed E-state index contributed by atoms with van der Waals surface area (Å²) in [5.41, 5.74) is 0.516. The zero-order valence-electron chi connectivity index (χ0n) is 9.56. The lowest BCUT2D eigenvalue weighted by molar-refractivity contribution is 0.0164. The van der Waals surface area contributed by atoms with E-state index >= 15 is 0 Å². The predicted octanol–water partition coefficient (Wildman–Crippen LogP) is 2.04. The summed E-state index contributed by atoms with van der Waals surface area (Å²) in [6, 6.07) is 5.07. The van der Waals surface area contributed by atoms with Crippen LogP contribution in [0.25, 0.3) is 0 Å². The first kappa shape index (κ1) is 14.2. The molecule has 4 nitrogen and oxygen atoms in total. The van der Waals surface area contributed by atoms with Crippen LogP contribution in [0, 0.1) is 0 Å². The highest BCUT2D eigenvalue weighted by Crippen LogP contribution is 2.21. The second kappa shape index (κ2) is 7.42. The van der Waals surface area contributed by atoms with Gasteiger partial charge in [0.15, 0.2) is 6.29 Å². The van der Waals surface area contributed by atoms with Crippen molar-refractivity contribution in [3.05, 3.63) is 28.2 Å². The Bertz CT molecular complexity index is 368. The fourth-order valence-corrected chi connectivity index (χ4v) is 1.54. The molecule has 0 aliphatic rings. The van der Waals surface area contributed by atoms with Crippen molar-refractivity contribution in [3.63, 3.8) is 0 Å². The van der Waals surface area contributed by atoms with Crippen molar-refractivity contribution in [2.24, 2.45) is 0 Å². The third-order valence-electron chi connectivity index (χ3n) is 2.05. The molecule has 1 aromatic carbocycles. The van der Waals surface area contributed by atoms with Gasteiger partial charge in [-0.05, 0) is 25.1 Å². The maximum atomic E-state index is 10.7. The van der Waals surface area contributed by atoms with Crippen LogP contribution in [0.3, 0.4) is 0 Å². The van der Waals surface area contributed by atoms with Gasteiger partial charge in [0.1, 0.15) is 18.5 Å². The van der Waals surface area contributed by atoms with Gasteiger partial charge in [0, 0.05) is 16.6 Å². The summed E-state index contributed by atoms with van der Waals surface area (Å²) < 4.78 is 11.1. The lowest BCUT2D eigenvalue weighted by Crippen LogP contribution is -2.23. The quantitative estimate of drug-likeness (QED) is 0.783. The molecule has 0 saturated heterocycles. The lowest BCUT2D eigenvalue weighted by Gasteiger charge is -2.12. The zero-order chi connectivity index (χ0) is 12.7. The van der Waals surface area contributed by atoms with E-state index in [4.69, 9.17) is 9.47 Å². The molecule has 94 valence electrons. The standard InChI is InChI=1S/C12H15BrO4/c1-2-16-7-10(15)8-17-11-3-4-12(13)9(5-11)6-14/h3-6,10,15H,2,7-8H2,1H3.